The molecule has 10 nitrogen and oxygen atoms in total. The zero-order valence-corrected chi connectivity index (χ0v) is 23.0. The number of carbonyl (C=O) groups is 3. The number of phenolic OH excluding ortho intramolecular Hbond substituents is 1. The van der Waals surface area contributed by atoms with Gasteiger partial charge < -0.3 is 34.4 Å². The molecule has 5 rings (SSSR count). The molecule has 3 aromatic carbocycles. The summed E-state index contributed by atoms with van der Waals surface area (Å²) in [5.74, 6) is 0.297. The average Bonchev–Trinajstić information content (AvgIpc) is 2.95. The largest absolute Gasteiger partial charge is 0.507 e. The molecule has 2 atom stereocenters. The van der Waals surface area contributed by atoms with Crippen molar-refractivity contribution >= 4 is 17.7 Å². The van der Waals surface area contributed by atoms with E-state index < -0.39 is 6.04 Å². The van der Waals surface area contributed by atoms with Crippen molar-refractivity contribution in [3.8, 4) is 23.0 Å². The van der Waals surface area contributed by atoms with E-state index in [4.69, 9.17) is 14.2 Å². The summed E-state index contributed by atoms with van der Waals surface area (Å²) in [4.78, 5) is 42.6. The molecule has 0 aliphatic carbocycles. The summed E-state index contributed by atoms with van der Waals surface area (Å²) >= 11 is 0. The van der Waals surface area contributed by atoms with E-state index in [1.165, 1.54) is 11.0 Å². The highest BCUT2D eigenvalue weighted by Gasteiger charge is 2.34. The Kier molecular flexibility index (Phi) is 8.39. The Morgan fingerprint density at radius 3 is 2.71 bits per heavy atom. The van der Waals surface area contributed by atoms with E-state index >= 15 is 0 Å². The fourth-order valence-electron chi connectivity index (χ4n) is 5.08. The van der Waals surface area contributed by atoms with Gasteiger partial charge in [-0.05, 0) is 55.3 Å². The number of ether oxygens (including phenoxy) is 3. The van der Waals surface area contributed by atoms with Crippen molar-refractivity contribution in [1.82, 2.24) is 15.1 Å². The van der Waals surface area contributed by atoms with Gasteiger partial charge in [-0.1, -0.05) is 24.3 Å². The Bertz CT molecular complexity index is 1440. The van der Waals surface area contributed by atoms with Crippen LogP contribution in [0.3, 0.4) is 0 Å². The van der Waals surface area contributed by atoms with Gasteiger partial charge in [-0.25, -0.2) is 0 Å². The highest BCUT2D eigenvalue weighted by atomic mass is 16.5. The van der Waals surface area contributed by atoms with Gasteiger partial charge in [-0.3, -0.25) is 14.4 Å². The number of carbonyl (C=O) groups excluding carboxylic acids is 3. The van der Waals surface area contributed by atoms with Gasteiger partial charge in [0.25, 0.3) is 11.8 Å². The molecule has 3 aromatic rings. The third-order valence-corrected chi connectivity index (χ3v) is 7.08. The number of nitrogens with zero attached hydrogens (tertiary/aromatic N) is 2. The summed E-state index contributed by atoms with van der Waals surface area (Å²) < 4.78 is 18.0. The highest BCUT2D eigenvalue weighted by molar-refractivity contribution is 5.98. The first-order chi connectivity index (χ1) is 19.8. The number of rotatable bonds is 3. The topological polar surface area (TPSA) is 118 Å². The Hall–Kier alpha value is -4.57. The molecule has 1 fully saturated rings. The number of phenols is 1. The predicted octanol–water partition coefficient (Wildman–Crippen LogP) is 3.58. The standard InChI is InChI=1S/C31H33N3O7/c1-3-39-23-14-21-15-24(16-23)41-22-8-6-7-20(13-22)19-40-28-11-12-34(31(38)25-9-4-5-10-27(25)35)17-26(28)32-29(36)18-33(2)30(21)37/h4-10,13-16,26,28,35H,3,11-12,17-19H2,1-2H3,(H,32,36)/t26-,28+/m0/s1. The summed E-state index contributed by atoms with van der Waals surface area (Å²) in [5.41, 5.74) is 1.38. The number of hydrogen-bond donors (Lipinski definition) is 2. The molecule has 3 amide bonds. The van der Waals surface area contributed by atoms with Crippen molar-refractivity contribution in [3.05, 3.63) is 83.4 Å². The average molecular weight is 560 g/mol. The monoisotopic (exact) mass is 559 g/mol. The normalized spacial score (nSPS) is 19.6. The van der Waals surface area contributed by atoms with Gasteiger partial charge in [0.05, 0.1) is 37.5 Å². The maximum absolute atomic E-state index is 13.3. The van der Waals surface area contributed by atoms with Crippen LogP contribution in [0.1, 0.15) is 39.6 Å². The van der Waals surface area contributed by atoms with E-state index in [0.29, 0.717) is 42.4 Å². The molecule has 2 aliphatic rings. The van der Waals surface area contributed by atoms with Gasteiger partial charge in [-0.15, -0.1) is 0 Å². The first-order valence-electron chi connectivity index (χ1n) is 13.6. The number of likely N-dealkylation sites (tertiary alicyclic amines) is 1. The molecule has 10 heteroatoms. The number of hydrogen-bond acceptors (Lipinski definition) is 7. The molecule has 41 heavy (non-hydrogen) atoms. The first kappa shape index (κ1) is 28.0. The van der Waals surface area contributed by atoms with Gasteiger partial charge in [-0.2, -0.15) is 0 Å². The summed E-state index contributed by atoms with van der Waals surface area (Å²) in [6, 6.07) is 18.3. The quantitative estimate of drug-likeness (QED) is 0.504. The van der Waals surface area contributed by atoms with Gasteiger partial charge >= 0.3 is 0 Å². The summed E-state index contributed by atoms with van der Waals surface area (Å²) in [7, 11) is 1.55. The van der Waals surface area contributed by atoms with Crippen LogP contribution < -0.4 is 14.8 Å². The third kappa shape index (κ3) is 6.60. The molecule has 0 spiro atoms. The van der Waals surface area contributed by atoms with E-state index in [-0.39, 0.29) is 54.8 Å². The van der Waals surface area contributed by atoms with E-state index in [1.54, 1.807) is 48.3 Å². The van der Waals surface area contributed by atoms with Crippen LogP contribution in [0.25, 0.3) is 0 Å². The molecule has 0 saturated carbocycles. The highest BCUT2D eigenvalue weighted by Crippen LogP contribution is 2.30. The number of amides is 3. The van der Waals surface area contributed by atoms with Crippen molar-refractivity contribution in [2.75, 3.05) is 33.3 Å². The molecular formula is C31H33N3O7. The number of likely N-dealkylation sites (N-methyl/N-ethyl adjacent to an activating group) is 1. The lowest BCUT2D eigenvalue weighted by atomic mass is 10.00. The molecule has 2 heterocycles. The predicted molar refractivity (Wildman–Crippen MR) is 150 cm³/mol. The van der Waals surface area contributed by atoms with Crippen molar-refractivity contribution in [2.24, 2.45) is 0 Å². The van der Waals surface area contributed by atoms with E-state index in [0.717, 1.165) is 5.56 Å². The number of aromatic hydroxyl groups is 1. The Morgan fingerprint density at radius 1 is 1.07 bits per heavy atom. The Labute approximate surface area is 238 Å². The lowest BCUT2D eigenvalue weighted by molar-refractivity contribution is -0.124. The molecule has 2 aliphatic heterocycles. The van der Waals surface area contributed by atoms with Gasteiger partial charge in [0.2, 0.25) is 5.91 Å². The number of benzene rings is 3. The van der Waals surface area contributed by atoms with E-state index in [2.05, 4.69) is 5.32 Å². The molecule has 4 bridgehead atoms. The van der Waals surface area contributed by atoms with Crippen molar-refractivity contribution in [1.29, 1.82) is 0 Å². The Balaban J connectivity index is 1.43. The molecule has 0 aromatic heterocycles. The second-order valence-corrected chi connectivity index (χ2v) is 10.1. The van der Waals surface area contributed by atoms with Gasteiger partial charge in [0.1, 0.15) is 23.0 Å². The van der Waals surface area contributed by atoms with E-state index in [1.807, 2.05) is 31.2 Å². The van der Waals surface area contributed by atoms with E-state index in [9.17, 15) is 19.5 Å². The number of nitrogens with one attached hydrogen (secondary N) is 1. The van der Waals surface area contributed by atoms with Crippen LogP contribution in [0, 0.1) is 0 Å². The van der Waals surface area contributed by atoms with Crippen LogP contribution in [0.5, 0.6) is 23.0 Å². The van der Waals surface area contributed by atoms with Crippen LogP contribution in [-0.4, -0.2) is 78.1 Å². The number of fused-ring (bicyclic) bond motifs is 5. The lowest BCUT2D eigenvalue weighted by Gasteiger charge is -2.39. The van der Waals surface area contributed by atoms with Crippen LogP contribution in [0.15, 0.2) is 66.7 Å². The molecule has 0 unspecified atom stereocenters. The first-order valence-corrected chi connectivity index (χ1v) is 13.6. The van der Waals surface area contributed by atoms with Crippen molar-refractivity contribution < 1.29 is 33.7 Å². The van der Waals surface area contributed by atoms with Crippen LogP contribution in [-0.2, 0) is 16.1 Å². The van der Waals surface area contributed by atoms with Gasteiger partial charge in [0, 0.05) is 31.8 Å². The fraction of sp³-hybridized carbons (Fsp3) is 0.323. The minimum absolute atomic E-state index is 0.100. The molecule has 1 saturated heterocycles. The minimum atomic E-state index is -0.533. The maximum atomic E-state index is 13.3. The van der Waals surface area contributed by atoms with Crippen LogP contribution in [0.4, 0.5) is 0 Å². The number of piperidine rings is 1. The second kappa shape index (κ2) is 12.3. The second-order valence-electron chi connectivity index (χ2n) is 10.1. The fourth-order valence-corrected chi connectivity index (χ4v) is 5.08. The molecule has 2 N–H and O–H groups in total. The third-order valence-electron chi connectivity index (χ3n) is 7.08. The zero-order chi connectivity index (χ0) is 28.9. The van der Waals surface area contributed by atoms with Crippen LogP contribution >= 0.6 is 0 Å². The SMILES string of the molecule is CCOc1cc2cc(c1)C(=O)N(C)CC(=O)N[C@H]1CN(C(=O)c3ccccc3O)CC[C@H]1OCc1cccc(c1)O2. The van der Waals surface area contributed by atoms with Gasteiger partial charge in [0.15, 0.2) is 0 Å². The summed E-state index contributed by atoms with van der Waals surface area (Å²) in [5, 5.41) is 13.2. The van der Waals surface area contributed by atoms with Crippen molar-refractivity contribution in [2.45, 2.75) is 32.1 Å². The Morgan fingerprint density at radius 2 is 1.90 bits per heavy atom. The minimum Gasteiger partial charge on any atom is -0.507 e. The van der Waals surface area contributed by atoms with Crippen LogP contribution in [0.2, 0.25) is 0 Å². The molecular weight excluding hydrogens is 526 g/mol. The number of para-hydroxylation sites is 1. The maximum Gasteiger partial charge on any atom is 0.257 e. The lowest BCUT2D eigenvalue weighted by Crippen LogP contribution is -2.58. The van der Waals surface area contributed by atoms with Crippen molar-refractivity contribution in [3.63, 3.8) is 0 Å². The summed E-state index contributed by atoms with van der Waals surface area (Å²) in [6.07, 6.45) is 0.0901. The molecule has 0 radical (unpaired) electrons. The molecule has 214 valence electrons. The zero-order valence-electron chi connectivity index (χ0n) is 23.0. The summed E-state index contributed by atoms with van der Waals surface area (Å²) in [6.45, 7) is 2.90. The smallest absolute Gasteiger partial charge is 0.257 e.